The maximum atomic E-state index is 13.7. The normalized spacial score (nSPS) is 11.2. The molecule has 1 heterocycles. The molecule has 1 aromatic heterocycles. The van der Waals surface area contributed by atoms with Crippen molar-refractivity contribution in [2.24, 2.45) is 0 Å². The molecule has 3 rings (SSSR count). The van der Waals surface area contributed by atoms with Gasteiger partial charge in [0, 0.05) is 15.3 Å². The summed E-state index contributed by atoms with van der Waals surface area (Å²) in [6.45, 7) is 1.75. The van der Waals surface area contributed by atoms with E-state index in [0.717, 1.165) is 14.8 Å². The van der Waals surface area contributed by atoms with Gasteiger partial charge >= 0.3 is 0 Å². The van der Waals surface area contributed by atoms with Crippen LogP contribution in [0.2, 0.25) is 0 Å². The lowest BCUT2D eigenvalue weighted by atomic mass is 10.2. The Bertz CT molecular complexity index is 781. The summed E-state index contributed by atoms with van der Waals surface area (Å²) < 4.78 is 16.8. The number of aromatic nitrogens is 2. The van der Waals surface area contributed by atoms with Gasteiger partial charge in [-0.15, -0.1) is 11.6 Å². The van der Waals surface area contributed by atoms with Gasteiger partial charge in [0.05, 0.1) is 16.9 Å². The van der Waals surface area contributed by atoms with Crippen molar-refractivity contribution in [3.8, 4) is 5.69 Å². The zero-order chi connectivity index (χ0) is 14.3. The number of halogens is 3. The number of hydrogen-bond donors (Lipinski definition) is 0. The summed E-state index contributed by atoms with van der Waals surface area (Å²) in [5.41, 5.74) is 3.09. The van der Waals surface area contributed by atoms with Crippen LogP contribution in [0, 0.1) is 16.3 Å². The monoisotopic (exact) mass is 400 g/mol. The first-order valence-corrected chi connectivity index (χ1v) is 7.71. The Balaban J connectivity index is 2.32. The summed E-state index contributed by atoms with van der Waals surface area (Å²) in [5, 5.41) is 0. The largest absolute Gasteiger partial charge is 0.295 e. The van der Waals surface area contributed by atoms with Crippen molar-refractivity contribution in [1.82, 2.24) is 9.55 Å². The number of rotatable bonds is 2. The fourth-order valence-corrected chi connectivity index (χ4v) is 2.76. The second kappa shape index (κ2) is 5.33. The third-order valence-electron chi connectivity index (χ3n) is 3.21. The number of fused-ring (bicyclic) bond motifs is 1. The molecule has 0 amide bonds. The molecule has 0 bridgehead atoms. The van der Waals surface area contributed by atoms with Gasteiger partial charge in [-0.2, -0.15) is 0 Å². The van der Waals surface area contributed by atoms with E-state index in [4.69, 9.17) is 11.6 Å². The predicted octanol–water partition coefficient (Wildman–Crippen LogP) is 4.82. The molecule has 0 aliphatic heterocycles. The van der Waals surface area contributed by atoms with E-state index in [1.807, 2.05) is 34.9 Å². The van der Waals surface area contributed by atoms with Crippen LogP contribution in [0.5, 0.6) is 0 Å². The Morgan fingerprint density at radius 1 is 1.25 bits per heavy atom. The van der Waals surface area contributed by atoms with Crippen molar-refractivity contribution >= 4 is 45.2 Å². The Kier molecular flexibility index (Phi) is 3.69. The summed E-state index contributed by atoms with van der Waals surface area (Å²) in [6, 6.07) is 11.3. The van der Waals surface area contributed by atoms with Crippen molar-refractivity contribution in [3.05, 3.63) is 57.2 Å². The fourth-order valence-electron chi connectivity index (χ4n) is 2.22. The quantitative estimate of drug-likeness (QED) is 0.446. The Morgan fingerprint density at radius 2 is 1.95 bits per heavy atom. The van der Waals surface area contributed by atoms with Gasteiger partial charge in [-0.3, -0.25) is 4.57 Å². The third-order valence-corrected chi connectivity index (χ3v) is 4.17. The van der Waals surface area contributed by atoms with Crippen LogP contribution in [0.3, 0.4) is 0 Å². The SMILES string of the molecule is Cc1cc2c(cc1F)nc(CCl)n2-c1ccc(I)cc1. The number of nitrogens with zero attached hydrogens (tertiary/aromatic N) is 2. The van der Waals surface area contributed by atoms with Crippen molar-refractivity contribution in [1.29, 1.82) is 0 Å². The molecule has 3 aromatic rings. The van der Waals surface area contributed by atoms with Gasteiger partial charge in [-0.25, -0.2) is 9.37 Å². The van der Waals surface area contributed by atoms with Gasteiger partial charge in [0.15, 0.2) is 0 Å². The van der Waals surface area contributed by atoms with E-state index in [2.05, 4.69) is 27.6 Å². The summed E-state index contributed by atoms with van der Waals surface area (Å²) in [4.78, 5) is 4.42. The molecule has 0 spiro atoms. The molecule has 0 aliphatic rings. The number of imidazole rings is 1. The molecule has 0 saturated carbocycles. The van der Waals surface area contributed by atoms with Crippen LogP contribution >= 0.6 is 34.2 Å². The van der Waals surface area contributed by atoms with Crippen molar-refractivity contribution in [3.63, 3.8) is 0 Å². The van der Waals surface area contributed by atoms with Crippen LogP contribution in [0.4, 0.5) is 4.39 Å². The molecular formula is C15H11ClFIN2. The van der Waals surface area contributed by atoms with Crippen LogP contribution in [0.15, 0.2) is 36.4 Å². The lowest BCUT2D eigenvalue weighted by Gasteiger charge is -2.08. The molecule has 0 unspecified atom stereocenters. The topological polar surface area (TPSA) is 17.8 Å². The molecular weight excluding hydrogens is 390 g/mol. The van der Waals surface area contributed by atoms with E-state index in [1.54, 1.807) is 6.92 Å². The van der Waals surface area contributed by atoms with Gasteiger partial charge in [0.25, 0.3) is 0 Å². The first-order valence-electron chi connectivity index (χ1n) is 6.09. The van der Waals surface area contributed by atoms with Crippen LogP contribution in [-0.4, -0.2) is 9.55 Å². The number of benzene rings is 2. The highest BCUT2D eigenvalue weighted by atomic mass is 127. The van der Waals surface area contributed by atoms with Gasteiger partial charge in [-0.1, -0.05) is 0 Å². The first-order chi connectivity index (χ1) is 9.60. The molecule has 2 aromatic carbocycles. The highest BCUT2D eigenvalue weighted by Crippen LogP contribution is 2.25. The second-order valence-corrected chi connectivity index (χ2v) is 6.08. The second-order valence-electron chi connectivity index (χ2n) is 4.56. The van der Waals surface area contributed by atoms with Gasteiger partial charge in [0.2, 0.25) is 0 Å². The Morgan fingerprint density at radius 3 is 2.60 bits per heavy atom. The fraction of sp³-hybridized carbons (Fsp3) is 0.133. The Labute approximate surface area is 134 Å². The van der Waals surface area contributed by atoms with E-state index in [1.165, 1.54) is 6.07 Å². The Hall–Kier alpha value is -1.14. The maximum absolute atomic E-state index is 13.7. The van der Waals surface area contributed by atoms with Crippen LogP contribution in [-0.2, 0) is 5.88 Å². The molecule has 0 radical (unpaired) electrons. The van der Waals surface area contributed by atoms with Crippen molar-refractivity contribution in [2.75, 3.05) is 0 Å². The van der Waals surface area contributed by atoms with E-state index < -0.39 is 0 Å². The van der Waals surface area contributed by atoms with E-state index in [-0.39, 0.29) is 11.7 Å². The van der Waals surface area contributed by atoms with Crippen molar-refractivity contribution < 1.29 is 4.39 Å². The summed E-state index contributed by atoms with van der Waals surface area (Å²) in [7, 11) is 0. The van der Waals surface area contributed by atoms with Gasteiger partial charge in [-0.05, 0) is 65.4 Å². The predicted molar refractivity (Wildman–Crippen MR) is 88.0 cm³/mol. The summed E-state index contributed by atoms with van der Waals surface area (Å²) in [5.74, 6) is 0.750. The zero-order valence-electron chi connectivity index (χ0n) is 10.7. The molecule has 0 N–H and O–H groups in total. The number of alkyl halides is 1. The molecule has 0 saturated heterocycles. The molecule has 0 aliphatic carbocycles. The molecule has 20 heavy (non-hydrogen) atoms. The average molecular weight is 401 g/mol. The molecule has 102 valence electrons. The molecule has 0 atom stereocenters. The van der Waals surface area contributed by atoms with Gasteiger partial charge < -0.3 is 0 Å². The van der Waals surface area contributed by atoms with E-state index >= 15 is 0 Å². The number of hydrogen-bond acceptors (Lipinski definition) is 1. The molecule has 2 nitrogen and oxygen atoms in total. The molecule has 5 heteroatoms. The zero-order valence-corrected chi connectivity index (χ0v) is 13.6. The molecule has 0 fully saturated rings. The third kappa shape index (κ3) is 2.31. The summed E-state index contributed by atoms with van der Waals surface area (Å²) in [6.07, 6.45) is 0. The minimum absolute atomic E-state index is 0.245. The van der Waals surface area contributed by atoms with Crippen LogP contribution in [0.25, 0.3) is 16.7 Å². The highest BCUT2D eigenvalue weighted by molar-refractivity contribution is 14.1. The van der Waals surface area contributed by atoms with E-state index in [0.29, 0.717) is 16.9 Å². The minimum Gasteiger partial charge on any atom is -0.295 e. The first kappa shape index (κ1) is 13.8. The van der Waals surface area contributed by atoms with Crippen LogP contribution < -0.4 is 0 Å². The van der Waals surface area contributed by atoms with Crippen molar-refractivity contribution in [2.45, 2.75) is 12.8 Å². The average Bonchev–Trinajstić information content (AvgIpc) is 2.78. The lowest BCUT2D eigenvalue weighted by molar-refractivity contribution is 0.620. The highest BCUT2D eigenvalue weighted by Gasteiger charge is 2.13. The van der Waals surface area contributed by atoms with E-state index in [9.17, 15) is 4.39 Å². The smallest absolute Gasteiger partial charge is 0.129 e. The number of aryl methyl sites for hydroxylation is 1. The maximum Gasteiger partial charge on any atom is 0.129 e. The minimum atomic E-state index is -0.245. The van der Waals surface area contributed by atoms with Gasteiger partial charge in [0.1, 0.15) is 11.6 Å². The standard InChI is InChI=1S/C15H11ClFIN2/c1-9-6-14-13(7-12(9)17)19-15(8-16)20(14)11-4-2-10(18)3-5-11/h2-7H,8H2,1H3. The van der Waals surface area contributed by atoms with Crippen LogP contribution in [0.1, 0.15) is 11.4 Å². The summed E-state index contributed by atoms with van der Waals surface area (Å²) >= 11 is 8.25. The lowest BCUT2D eigenvalue weighted by Crippen LogP contribution is -1.99.